The van der Waals surface area contributed by atoms with Gasteiger partial charge in [0, 0.05) is 24.9 Å². The van der Waals surface area contributed by atoms with Crippen LogP contribution in [0.25, 0.3) is 0 Å². The van der Waals surface area contributed by atoms with Crippen LogP contribution in [0.1, 0.15) is 51.0 Å². The Bertz CT molecular complexity index is 704. The molecule has 1 saturated heterocycles. The molecule has 1 aromatic carbocycles. The molecular weight excluding hydrogens is 369 g/mol. The number of para-hydroxylation sites is 1. The van der Waals surface area contributed by atoms with Gasteiger partial charge in [-0.15, -0.1) is 0 Å². The molecule has 1 heterocycles. The highest BCUT2D eigenvalue weighted by Crippen LogP contribution is 2.36. The van der Waals surface area contributed by atoms with Crippen LogP contribution in [0.3, 0.4) is 0 Å². The van der Waals surface area contributed by atoms with Crippen LogP contribution >= 0.6 is 0 Å². The first kappa shape index (κ1) is 20.7. The summed E-state index contributed by atoms with van der Waals surface area (Å²) in [6.45, 7) is 3.80. The van der Waals surface area contributed by atoms with E-state index in [2.05, 4.69) is 12.2 Å². The summed E-state index contributed by atoms with van der Waals surface area (Å²) < 4.78 is 39.3. The molecule has 0 unspecified atom stereocenters. The van der Waals surface area contributed by atoms with E-state index < -0.39 is 17.6 Å². The average Bonchev–Trinajstić information content (AvgIpc) is 2.68. The minimum atomic E-state index is -4.51. The Morgan fingerprint density at radius 1 is 0.964 bits per heavy atom. The van der Waals surface area contributed by atoms with Gasteiger partial charge in [-0.25, -0.2) is 0 Å². The Hall–Kier alpha value is -2.05. The predicted octanol–water partition coefficient (Wildman–Crippen LogP) is 4.71. The summed E-state index contributed by atoms with van der Waals surface area (Å²) in [6, 6.07) is 5.01. The topological polar surface area (TPSA) is 49.4 Å². The number of nitrogens with zero attached hydrogens (tertiary/aromatic N) is 1. The van der Waals surface area contributed by atoms with Crippen molar-refractivity contribution in [2.45, 2.75) is 51.6 Å². The number of carbonyl (C=O) groups is 2. The summed E-state index contributed by atoms with van der Waals surface area (Å²) in [7, 11) is 0. The molecule has 1 aliphatic carbocycles. The molecule has 2 amide bonds. The van der Waals surface area contributed by atoms with Gasteiger partial charge in [-0.1, -0.05) is 19.1 Å². The summed E-state index contributed by atoms with van der Waals surface area (Å²) in [5.41, 5.74) is -1.05. The second kappa shape index (κ2) is 8.53. The van der Waals surface area contributed by atoms with Gasteiger partial charge in [-0.2, -0.15) is 13.2 Å². The number of benzene rings is 1. The minimum Gasteiger partial charge on any atom is -0.342 e. The van der Waals surface area contributed by atoms with Gasteiger partial charge in [0.1, 0.15) is 0 Å². The van der Waals surface area contributed by atoms with Crippen LogP contribution in [0.5, 0.6) is 0 Å². The zero-order valence-corrected chi connectivity index (χ0v) is 16.1. The highest BCUT2D eigenvalue weighted by molar-refractivity contribution is 5.93. The van der Waals surface area contributed by atoms with Gasteiger partial charge < -0.3 is 10.2 Å². The van der Waals surface area contributed by atoms with Gasteiger partial charge in [0.25, 0.3) is 0 Å². The van der Waals surface area contributed by atoms with Crippen LogP contribution in [0.15, 0.2) is 24.3 Å². The Morgan fingerprint density at radius 3 is 2.14 bits per heavy atom. The quantitative estimate of drug-likeness (QED) is 0.805. The molecule has 154 valence electrons. The molecule has 1 saturated carbocycles. The van der Waals surface area contributed by atoms with Gasteiger partial charge in [0.2, 0.25) is 11.8 Å². The van der Waals surface area contributed by atoms with E-state index in [-0.39, 0.29) is 23.4 Å². The normalized spacial score (nSPS) is 24.1. The number of piperidine rings is 1. The molecule has 0 spiro atoms. The van der Waals surface area contributed by atoms with E-state index in [4.69, 9.17) is 0 Å². The zero-order chi connectivity index (χ0) is 20.3. The summed E-state index contributed by atoms with van der Waals surface area (Å²) >= 11 is 0. The summed E-state index contributed by atoms with van der Waals surface area (Å²) in [5, 5.41) is 2.44. The SMILES string of the molecule is CC1CCN(C(=O)C2CCC(C(=O)Nc3ccccc3C(F)(F)F)CC2)CC1. The van der Waals surface area contributed by atoms with E-state index in [1.54, 1.807) is 0 Å². The second-order valence-corrected chi connectivity index (χ2v) is 8.09. The molecule has 3 rings (SSSR count). The lowest BCUT2D eigenvalue weighted by Gasteiger charge is -2.35. The maximum Gasteiger partial charge on any atom is 0.418 e. The summed E-state index contributed by atoms with van der Waals surface area (Å²) in [6.07, 6.45) is -0.167. The Kier molecular flexibility index (Phi) is 6.30. The van der Waals surface area contributed by atoms with Gasteiger partial charge >= 0.3 is 6.18 Å². The second-order valence-electron chi connectivity index (χ2n) is 8.09. The fourth-order valence-electron chi connectivity index (χ4n) is 4.16. The fraction of sp³-hybridized carbons (Fsp3) is 0.619. The highest BCUT2D eigenvalue weighted by Gasteiger charge is 2.36. The van der Waals surface area contributed by atoms with Crippen molar-refractivity contribution in [3.8, 4) is 0 Å². The first-order chi connectivity index (χ1) is 13.3. The standard InChI is InChI=1S/C21H27F3N2O2/c1-14-10-12-26(13-11-14)20(28)16-8-6-15(7-9-16)19(27)25-18-5-3-2-4-17(18)21(22,23)24/h2-5,14-16H,6-13H2,1H3,(H,25,27). The average molecular weight is 396 g/mol. The lowest BCUT2D eigenvalue weighted by atomic mass is 9.80. The van der Waals surface area contributed by atoms with Crippen molar-refractivity contribution >= 4 is 17.5 Å². The van der Waals surface area contributed by atoms with E-state index in [1.807, 2.05) is 4.90 Å². The van der Waals surface area contributed by atoms with Crippen LogP contribution in [-0.2, 0) is 15.8 Å². The van der Waals surface area contributed by atoms with Gasteiger partial charge in [-0.05, 0) is 56.6 Å². The number of halogens is 3. The monoisotopic (exact) mass is 396 g/mol. The van der Waals surface area contributed by atoms with Gasteiger partial charge in [0.05, 0.1) is 11.3 Å². The van der Waals surface area contributed by atoms with E-state index in [0.717, 1.165) is 32.0 Å². The first-order valence-electron chi connectivity index (χ1n) is 10.0. The van der Waals surface area contributed by atoms with E-state index in [0.29, 0.717) is 31.6 Å². The zero-order valence-electron chi connectivity index (χ0n) is 16.1. The molecule has 0 atom stereocenters. The molecule has 0 bridgehead atoms. The molecule has 0 radical (unpaired) electrons. The van der Waals surface area contributed by atoms with Crippen LogP contribution in [0.2, 0.25) is 0 Å². The van der Waals surface area contributed by atoms with Crippen LogP contribution < -0.4 is 5.32 Å². The maximum absolute atomic E-state index is 13.1. The minimum absolute atomic E-state index is 0.0695. The third kappa shape index (κ3) is 4.86. The van der Waals surface area contributed by atoms with Crippen molar-refractivity contribution in [3.05, 3.63) is 29.8 Å². The Morgan fingerprint density at radius 2 is 1.54 bits per heavy atom. The van der Waals surface area contributed by atoms with Gasteiger partial charge in [0.15, 0.2) is 0 Å². The summed E-state index contributed by atoms with van der Waals surface area (Å²) in [4.78, 5) is 27.1. The molecule has 1 N–H and O–H groups in total. The van der Waals surface area contributed by atoms with Gasteiger partial charge in [-0.3, -0.25) is 9.59 Å². The van der Waals surface area contributed by atoms with Crippen LogP contribution in [0.4, 0.5) is 18.9 Å². The van der Waals surface area contributed by atoms with Crippen LogP contribution in [0, 0.1) is 17.8 Å². The molecule has 2 aliphatic rings. The summed E-state index contributed by atoms with van der Waals surface area (Å²) in [5.74, 6) is 0.0114. The number of anilines is 1. The van der Waals surface area contributed by atoms with Crippen LogP contribution in [-0.4, -0.2) is 29.8 Å². The largest absolute Gasteiger partial charge is 0.418 e. The van der Waals surface area contributed by atoms with Crippen molar-refractivity contribution in [2.24, 2.45) is 17.8 Å². The van der Waals surface area contributed by atoms with Crippen molar-refractivity contribution in [2.75, 3.05) is 18.4 Å². The number of carbonyl (C=O) groups excluding carboxylic acids is 2. The molecular formula is C21H27F3N2O2. The van der Waals surface area contributed by atoms with E-state index >= 15 is 0 Å². The lowest BCUT2D eigenvalue weighted by molar-refractivity contribution is -0.139. The predicted molar refractivity (Wildman–Crippen MR) is 100 cm³/mol. The smallest absolute Gasteiger partial charge is 0.342 e. The van der Waals surface area contributed by atoms with E-state index in [9.17, 15) is 22.8 Å². The highest BCUT2D eigenvalue weighted by atomic mass is 19.4. The Balaban J connectivity index is 1.54. The van der Waals surface area contributed by atoms with Crippen molar-refractivity contribution in [1.29, 1.82) is 0 Å². The van der Waals surface area contributed by atoms with Crippen molar-refractivity contribution < 1.29 is 22.8 Å². The number of hydrogen-bond donors (Lipinski definition) is 1. The van der Waals surface area contributed by atoms with E-state index in [1.165, 1.54) is 18.2 Å². The number of rotatable bonds is 3. The number of alkyl halides is 3. The molecule has 28 heavy (non-hydrogen) atoms. The number of hydrogen-bond acceptors (Lipinski definition) is 2. The maximum atomic E-state index is 13.1. The molecule has 7 heteroatoms. The molecule has 2 fully saturated rings. The lowest BCUT2D eigenvalue weighted by Crippen LogP contribution is -2.42. The third-order valence-electron chi connectivity index (χ3n) is 6.03. The molecule has 4 nitrogen and oxygen atoms in total. The molecule has 1 aliphatic heterocycles. The first-order valence-corrected chi connectivity index (χ1v) is 10.0. The number of nitrogens with one attached hydrogen (secondary N) is 1. The molecule has 1 aromatic rings. The third-order valence-corrected chi connectivity index (χ3v) is 6.03. The van der Waals surface area contributed by atoms with Crippen molar-refractivity contribution in [3.63, 3.8) is 0 Å². The Labute approximate surface area is 163 Å². The van der Waals surface area contributed by atoms with Crippen molar-refractivity contribution in [1.82, 2.24) is 4.90 Å². The number of amides is 2. The molecule has 0 aromatic heterocycles. The number of likely N-dealkylation sites (tertiary alicyclic amines) is 1. The fourth-order valence-corrected chi connectivity index (χ4v) is 4.16.